The first kappa shape index (κ1) is 20.4. The minimum atomic E-state index is -1.31. The van der Waals surface area contributed by atoms with Crippen LogP contribution >= 0.6 is 0 Å². The van der Waals surface area contributed by atoms with Crippen molar-refractivity contribution in [3.05, 3.63) is 34.9 Å². The van der Waals surface area contributed by atoms with Crippen molar-refractivity contribution >= 4 is 17.3 Å². The zero-order chi connectivity index (χ0) is 21.6. The van der Waals surface area contributed by atoms with Gasteiger partial charge in [-0.15, -0.1) is 0 Å². The maximum absolute atomic E-state index is 12.9. The van der Waals surface area contributed by atoms with Gasteiger partial charge in [-0.25, -0.2) is 0 Å². The van der Waals surface area contributed by atoms with Crippen LogP contribution in [0, 0.1) is 0 Å². The molecule has 1 fully saturated rings. The molecule has 30 heavy (non-hydrogen) atoms. The van der Waals surface area contributed by atoms with Crippen LogP contribution in [0.1, 0.15) is 24.5 Å². The standard InChI is InChI=1S/C22H25NO7/c1-11(24)23-15-7-6-12-8-16(26-2)20(27-3)21(28-4)19(12)14-10-18-22(29-5,30-18)17(25)9-13(14)15/h8-10,15,18H,6-7H2,1-5H3,(H,23,24)/t15-,18?,22?/m0/s1. The van der Waals surface area contributed by atoms with Gasteiger partial charge in [-0.3, -0.25) is 9.59 Å². The molecule has 1 aromatic rings. The van der Waals surface area contributed by atoms with Crippen molar-refractivity contribution < 1.29 is 33.3 Å². The molecule has 0 bridgehead atoms. The Morgan fingerprint density at radius 1 is 1.17 bits per heavy atom. The average Bonchev–Trinajstić information content (AvgIpc) is 3.48. The molecule has 1 heterocycles. The second-order valence-electron chi connectivity index (χ2n) is 7.43. The quantitative estimate of drug-likeness (QED) is 0.733. The maximum atomic E-state index is 12.9. The van der Waals surface area contributed by atoms with E-state index in [1.807, 2.05) is 12.1 Å². The van der Waals surface area contributed by atoms with Crippen molar-refractivity contribution in [3.8, 4) is 17.2 Å². The number of epoxide rings is 1. The van der Waals surface area contributed by atoms with Crippen molar-refractivity contribution in [2.75, 3.05) is 28.4 Å². The normalized spacial score (nSPS) is 26.6. The second-order valence-corrected chi connectivity index (χ2v) is 7.43. The number of amides is 1. The Morgan fingerprint density at radius 2 is 1.90 bits per heavy atom. The van der Waals surface area contributed by atoms with Crippen LogP contribution in [0.15, 0.2) is 23.8 Å². The maximum Gasteiger partial charge on any atom is 0.264 e. The van der Waals surface area contributed by atoms with Gasteiger partial charge in [0.25, 0.3) is 5.79 Å². The molecule has 0 saturated carbocycles. The van der Waals surface area contributed by atoms with E-state index in [-0.39, 0.29) is 17.7 Å². The fraction of sp³-hybridized carbons (Fsp3) is 0.455. The summed E-state index contributed by atoms with van der Waals surface area (Å²) < 4.78 is 27.9. The van der Waals surface area contributed by atoms with Gasteiger partial charge in [0.2, 0.25) is 17.4 Å². The van der Waals surface area contributed by atoms with Gasteiger partial charge in [-0.1, -0.05) is 0 Å². The molecule has 0 radical (unpaired) electrons. The highest BCUT2D eigenvalue weighted by molar-refractivity contribution is 6.05. The number of benzene rings is 1. The van der Waals surface area contributed by atoms with Gasteiger partial charge < -0.3 is 29.0 Å². The molecule has 0 aromatic heterocycles. The minimum Gasteiger partial charge on any atom is -0.493 e. The molecule has 1 N–H and O–H groups in total. The van der Waals surface area contributed by atoms with Crippen molar-refractivity contribution in [1.82, 2.24) is 5.32 Å². The van der Waals surface area contributed by atoms with Crippen molar-refractivity contribution in [3.63, 3.8) is 0 Å². The number of nitrogens with one attached hydrogen (secondary N) is 1. The highest BCUT2D eigenvalue weighted by atomic mass is 16.8. The summed E-state index contributed by atoms with van der Waals surface area (Å²) in [6, 6.07) is 1.56. The van der Waals surface area contributed by atoms with E-state index in [0.29, 0.717) is 35.7 Å². The first-order valence-electron chi connectivity index (χ1n) is 9.70. The molecule has 1 aliphatic heterocycles. The van der Waals surface area contributed by atoms with Crippen LogP contribution in [0.25, 0.3) is 5.57 Å². The summed E-state index contributed by atoms with van der Waals surface area (Å²) in [5.41, 5.74) is 3.22. The topological polar surface area (TPSA) is 95.6 Å². The summed E-state index contributed by atoms with van der Waals surface area (Å²) in [4.78, 5) is 24.8. The molecule has 1 saturated heterocycles. The Morgan fingerprint density at radius 3 is 2.50 bits per heavy atom. The van der Waals surface area contributed by atoms with Gasteiger partial charge in [0.1, 0.15) is 6.10 Å². The Bertz CT molecular complexity index is 980. The van der Waals surface area contributed by atoms with Gasteiger partial charge in [-0.05, 0) is 47.8 Å². The number of methoxy groups -OCH3 is 4. The molecule has 4 rings (SSSR count). The average molecular weight is 415 g/mol. The number of fused-ring (bicyclic) bond motifs is 4. The Labute approximate surface area is 174 Å². The first-order valence-corrected chi connectivity index (χ1v) is 9.70. The molecule has 3 aliphatic rings. The lowest BCUT2D eigenvalue weighted by molar-refractivity contribution is -0.134. The van der Waals surface area contributed by atoms with Crippen LogP contribution in [0.3, 0.4) is 0 Å². The van der Waals surface area contributed by atoms with E-state index < -0.39 is 11.9 Å². The van der Waals surface area contributed by atoms with Gasteiger partial charge >= 0.3 is 0 Å². The second kappa shape index (κ2) is 7.45. The van der Waals surface area contributed by atoms with Crippen LogP contribution in [-0.4, -0.2) is 58.1 Å². The number of ketones is 1. The van der Waals surface area contributed by atoms with Gasteiger partial charge in [0, 0.05) is 19.6 Å². The summed E-state index contributed by atoms with van der Waals surface area (Å²) in [6.07, 6.45) is 4.11. The molecule has 1 aromatic carbocycles. The molecule has 3 atom stereocenters. The van der Waals surface area contributed by atoms with E-state index in [0.717, 1.165) is 16.7 Å². The first-order chi connectivity index (χ1) is 14.4. The highest BCUT2D eigenvalue weighted by Crippen LogP contribution is 2.52. The van der Waals surface area contributed by atoms with Gasteiger partial charge in [0.15, 0.2) is 11.5 Å². The molecule has 2 aliphatic carbocycles. The van der Waals surface area contributed by atoms with Crippen LogP contribution in [0.4, 0.5) is 0 Å². The number of hydrogen-bond donors (Lipinski definition) is 1. The van der Waals surface area contributed by atoms with E-state index in [4.69, 9.17) is 23.7 Å². The van der Waals surface area contributed by atoms with E-state index >= 15 is 0 Å². The third-order valence-corrected chi connectivity index (χ3v) is 5.82. The van der Waals surface area contributed by atoms with Crippen LogP contribution in [0.5, 0.6) is 17.2 Å². The minimum absolute atomic E-state index is 0.173. The number of hydrogen-bond acceptors (Lipinski definition) is 7. The monoisotopic (exact) mass is 415 g/mol. The molecular formula is C22H25NO7. The van der Waals surface area contributed by atoms with E-state index in [9.17, 15) is 9.59 Å². The predicted octanol–water partition coefficient (Wildman–Crippen LogP) is 1.80. The molecule has 0 spiro atoms. The fourth-order valence-electron chi connectivity index (χ4n) is 4.39. The number of carbonyl (C=O) groups excluding carboxylic acids is 2. The zero-order valence-electron chi connectivity index (χ0n) is 17.7. The Kier molecular flexibility index (Phi) is 5.07. The molecule has 8 heteroatoms. The number of carbonyl (C=O) groups is 2. The van der Waals surface area contributed by atoms with Crippen LogP contribution in [0.2, 0.25) is 0 Å². The third kappa shape index (κ3) is 2.98. The van der Waals surface area contributed by atoms with Crippen LogP contribution < -0.4 is 19.5 Å². The largest absolute Gasteiger partial charge is 0.493 e. The van der Waals surface area contributed by atoms with Gasteiger partial charge in [0.05, 0.1) is 27.4 Å². The lowest BCUT2D eigenvalue weighted by Gasteiger charge is -2.22. The molecule has 160 valence electrons. The van der Waals surface area contributed by atoms with Crippen molar-refractivity contribution in [1.29, 1.82) is 0 Å². The molecular weight excluding hydrogens is 390 g/mol. The smallest absolute Gasteiger partial charge is 0.264 e. The van der Waals surface area contributed by atoms with Crippen molar-refractivity contribution in [2.45, 2.75) is 37.7 Å². The third-order valence-electron chi connectivity index (χ3n) is 5.82. The Hall–Kier alpha value is -2.84. The fourth-order valence-corrected chi connectivity index (χ4v) is 4.39. The van der Waals surface area contributed by atoms with E-state index in [1.165, 1.54) is 20.1 Å². The summed E-state index contributed by atoms with van der Waals surface area (Å²) in [6.45, 7) is 1.46. The number of aryl methyl sites for hydroxylation is 1. The predicted molar refractivity (Wildman–Crippen MR) is 108 cm³/mol. The SMILES string of the molecule is COc1cc2c(c(OC)c1OC)C1=CC3OC3(OC)C(=O)C=C1[C@@H](NC(C)=O)CC2. The van der Waals surface area contributed by atoms with Crippen molar-refractivity contribution in [2.24, 2.45) is 0 Å². The summed E-state index contributed by atoms with van der Waals surface area (Å²) in [5.74, 6) is -0.248. The number of ether oxygens (including phenoxy) is 5. The lowest BCUT2D eigenvalue weighted by atomic mass is 9.91. The molecule has 2 unspecified atom stereocenters. The molecule has 1 amide bonds. The van der Waals surface area contributed by atoms with Gasteiger partial charge in [-0.2, -0.15) is 0 Å². The van der Waals surface area contributed by atoms with E-state index in [2.05, 4.69) is 5.32 Å². The number of rotatable bonds is 5. The zero-order valence-corrected chi connectivity index (χ0v) is 17.7. The summed E-state index contributed by atoms with van der Waals surface area (Å²) in [5, 5.41) is 2.97. The summed E-state index contributed by atoms with van der Waals surface area (Å²) in [7, 11) is 6.13. The highest BCUT2D eigenvalue weighted by Gasteiger charge is 2.63. The molecule has 8 nitrogen and oxygen atoms in total. The summed E-state index contributed by atoms with van der Waals surface area (Å²) >= 11 is 0. The van der Waals surface area contributed by atoms with Crippen LogP contribution in [-0.2, 0) is 25.5 Å². The van der Waals surface area contributed by atoms with E-state index in [1.54, 1.807) is 21.3 Å². The lowest BCUT2D eigenvalue weighted by Crippen LogP contribution is -2.35. The Balaban J connectivity index is 1.98.